The number of nitrogens with two attached hydrogens (primary N) is 1. The number of amides is 1. The molecule has 0 aliphatic carbocycles. The number of carbonyl (C=O) groups excluding carboxylic acids is 1. The summed E-state index contributed by atoms with van der Waals surface area (Å²) in [6.07, 6.45) is -4.36. The van der Waals surface area contributed by atoms with Gasteiger partial charge in [-0.3, -0.25) is 4.79 Å². The number of rotatable bonds is 2. The number of benzene rings is 1. The largest absolute Gasteiger partial charge is 0.416 e. The molecule has 0 bridgehead atoms. The Morgan fingerprint density at radius 1 is 1.11 bits per heavy atom. The Morgan fingerprint density at radius 3 is 2.22 bits per heavy atom. The van der Waals surface area contributed by atoms with Gasteiger partial charge in [0.1, 0.15) is 0 Å². The predicted octanol–water partition coefficient (Wildman–Crippen LogP) is 3.53. The summed E-state index contributed by atoms with van der Waals surface area (Å²) in [5, 5.41) is 1.67. The first-order valence-electron chi connectivity index (χ1n) is 4.94. The molecule has 0 saturated carbocycles. The standard InChI is InChI=1S/C12H8F3NOS/c13-12(14,15)8-3-1-7(2-4-8)9-5-6-18-10(9)11(16)17/h1-6H,(H2,16,17). The summed E-state index contributed by atoms with van der Waals surface area (Å²) in [4.78, 5) is 11.5. The monoisotopic (exact) mass is 271 g/mol. The molecule has 94 valence electrons. The SMILES string of the molecule is NC(=O)c1sccc1-c1ccc(C(F)(F)F)cc1. The lowest BCUT2D eigenvalue weighted by Crippen LogP contribution is -2.10. The molecule has 0 saturated heterocycles. The second kappa shape index (κ2) is 4.45. The van der Waals surface area contributed by atoms with Crippen molar-refractivity contribution in [1.29, 1.82) is 0 Å². The minimum absolute atomic E-state index is 0.342. The van der Waals surface area contributed by atoms with E-state index in [0.29, 0.717) is 16.0 Å². The van der Waals surface area contributed by atoms with Crippen LogP contribution in [-0.4, -0.2) is 5.91 Å². The number of primary amides is 1. The summed E-state index contributed by atoms with van der Waals surface area (Å²) < 4.78 is 37.2. The van der Waals surface area contributed by atoms with Gasteiger partial charge in [-0.25, -0.2) is 0 Å². The first-order chi connectivity index (χ1) is 8.39. The van der Waals surface area contributed by atoms with Gasteiger partial charge >= 0.3 is 6.18 Å². The van der Waals surface area contributed by atoms with Crippen LogP contribution < -0.4 is 5.73 Å². The molecule has 0 fully saturated rings. The van der Waals surface area contributed by atoms with Crippen LogP contribution in [0.15, 0.2) is 35.7 Å². The van der Waals surface area contributed by atoms with Gasteiger partial charge in [0.2, 0.25) is 0 Å². The minimum atomic E-state index is -4.36. The predicted molar refractivity (Wildman–Crippen MR) is 63.3 cm³/mol. The van der Waals surface area contributed by atoms with E-state index in [0.717, 1.165) is 12.1 Å². The Kier molecular flexibility index (Phi) is 3.13. The van der Waals surface area contributed by atoms with Gasteiger partial charge in [0, 0.05) is 5.56 Å². The molecule has 1 amide bonds. The van der Waals surface area contributed by atoms with Gasteiger partial charge in [0.05, 0.1) is 10.4 Å². The summed E-state index contributed by atoms with van der Waals surface area (Å²) in [7, 11) is 0. The van der Waals surface area contributed by atoms with E-state index >= 15 is 0 Å². The van der Waals surface area contributed by atoms with Gasteiger partial charge in [-0.15, -0.1) is 11.3 Å². The highest BCUT2D eigenvalue weighted by Gasteiger charge is 2.30. The molecule has 0 aliphatic heterocycles. The molecule has 1 aromatic heterocycles. The van der Waals surface area contributed by atoms with Gasteiger partial charge < -0.3 is 5.73 Å². The fraction of sp³-hybridized carbons (Fsp3) is 0.0833. The van der Waals surface area contributed by atoms with Crippen LogP contribution in [0, 0.1) is 0 Å². The van der Waals surface area contributed by atoms with Crippen LogP contribution in [0.5, 0.6) is 0 Å². The Morgan fingerprint density at radius 2 is 1.72 bits per heavy atom. The first-order valence-corrected chi connectivity index (χ1v) is 5.82. The van der Waals surface area contributed by atoms with Gasteiger partial charge in [-0.05, 0) is 29.1 Å². The van der Waals surface area contributed by atoms with Crippen molar-refractivity contribution in [3.05, 3.63) is 46.2 Å². The number of hydrogen-bond donors (Lipinski definition) is 1. The Hall–Kier alpha value is -1.82. The van der Waals surface area contributed by atoms with E-state index in [1.54, 1.807) is 11.4 Å². The van der Waals surface area contributed by atoms with Crippen LogP contribution in [0.3, 0.4) is 0 Å². The zero-order valence-corrected chi connectivity index (χ0v) is 9.81. The summed E-state index contributed by atoms with van der Waals surface area (Å²) >= 11 is 1.17. The highest BCUT2D eigenvalue weighted by Crippen LogP contribution is 2.33. The molecule has 0 unspecified atom stereocenters. The van der Waals surface area contributed by atoms with Crippen molar-refractivity contribution in [2.45, 2.75) is 6.18 Å². The van der Waals surface area contributed by atoms with Crippen LogP contribution in [0.2, 0.25) is 0 Å². The molecule has 1 aromatic carbocycles. The van der Waals surface area contributed by atoms with Crippen molar-refractivity contribution >= 4 is 17.2 Å². The van der Waals surface area contributed by atoms with Crippen LogP contribution in [0.25, 0.3) is 11.1 Å². The van der Waals surface area contributed by atoms with E-state index < -0.39 is 17.6 Å². The lowest BCUT2D eigenvalue weighted by Gasteiger charge is -2.07. The van der Waals surface area contributed by atoms with Crippen molar-refractivity contribution in [1.82, 2.24) is 0 Å². The van der Waals surface area contributed by atoms with Gasteiger partial charge in [0.15, 0.2) is 0 Å². The average molecular weight is 271 g/mol. The second-order valence-corrected chi connectivity index (χ2v) is 4.52. The number of hydrogen-bond acceptors (Lipinski definition) is 2. The normalized spacial score (nSPS) is 11.5. The molecule has 0 radical (unpaired) electrons. The maximum absolute atomic E-state index is 12.4. The maximum atomic E-state index is 12.4. The zero-order valence-electron chi connectivity index (χ0n) is 8.99. The van der Waals surface area contributed by atoms with E-state index in [-0.39, 0.29) is 0 Å². The van der Waals surface area contributed by atoms with Crippen LogP contribution in [0.4, 0.5) is 13.2 Å². The summed E-state index contributed by atoms with van der Waals surface area (Å²) in [5.74, 6) is -0.583. The Bertz CT molecular complexity index is 572. The summed E-state index contributed by atoms with van der Waals surface area (Å²) in [5.41, 5.74) is 5.56. The summed E-state index contributed by atoms with van der Waals surface area (Å²) in [6, 6.07) is 6.29. The molecule has 2 rings (SSSR count). The van der Waals surface area contributed by atoms with Crippen LogP contribution >= 0.6 is 11.3 Å². The molecule has 2 aromatic rings. The third kappa shape index (κ3) is 2.38. The fourth-order valence-corrected chi connectivity index (χ4v) is 2.34. The zero-order chi connectivity index (χ0) is 13.3. The highest BCUT2D eigenvalue weighted by atomic mass is 32.1. The number of halogens is 3. The van der Waals surface area contributed by atoms with Gasteiger partial charge in [-0.2, -0.15) is 13.2 Å². The lowest BCUT2D eigenvalue weighted by atomic mass is 10.0. The molecule has 18 heavy (non-hydrogen) atoms. The van der Waals surface area contributed by atoms with Crippen molar-refractivity contribution in [3.8, 4) is 11.1 Å². The van der Waals surface area contributed by atoms with E-state index in [4.69, 9.17) is 5.73 Å². The maximum Gasteiger partial charge on any atom is 0.416 e. The molecule has 1 heterocycles. The van der Waals surface area contributed by atoms with E-state index in [2.05, 4.69) is 0 Å². The first kappa shape index (κ1) is 12.6. The number of carbonyl (C=O) groups is 1. The lowest BCUT2D eigenvalue weighted by molar-refractivity contribution is -0.137. The van der Waals surface area contributed by atoms with Crippen molar-refractivity contribution in [2.75, 3.05) is 0 Å². The molecule has 2 nitrogen and oxygen atoms in total. The number of thiophene rings is 1. The average Bonchev–Trinajstić information content (AvgIpc) is 2.77. The van der Waals surface area contributed by atoms with Crippen molar-refractivity contribution < 1.29 is 18.0 Å². The highest BCUT2D eigenvalue weighted by molar-refractivity contribution is 7.12. The summed E-state index contributed by atoms with van der Waals surface area (Å²) in [6.45, 7) is 0. The van der Waals surface area contributed by atoms with E-state index in [9.17, 15) is 18.0 Å². The van der Waals surface area contributed by atoms with E-state index in [1.807, 2.05) is 0 Å². The van der Waals surface area contributed by atoms with Gasteiger partial charge in [-0.1, -0.05) is 12.1 Å². The molecule has 0 atom stereocenters. The van der Waals surface area contributed by atoms with Gasteiger partial charge in [0.25, 0.3) is 5.91 Å². The second-order valence-electron chi connectivity index (χ2n) is 3.60. The molecular weight excluding hydrogens is 263 g/mol. The molecule has 0 spiro atoms. The van der Waals surface area contributed by atoms with Crippen LogP contribution in [-0.2, 0) is 6.18 Å². The smallest absolute Gasteiger partial charge is 0.365 e. The Labute approximate surface area is 105 Å². The van der Waals surface area contributed by atoms with Crippen LogP contribution in [0.1, 0.15) is 15.2 Å². The van der Waals surface area contributed by atoms with E-state index in [1.165, 1.54) is 23.5 Å². The quantitative estimate of drug-likeness (QED) is 0.892. The molecule has 0 aliphatic rings. The topological polar surface area (TPSA) is 43.1 Å². The third-order valence-corrected chi connectivity index (χ3v) is 3.34. The van der Waals surface area contributed by atoms with Crippen molar-refractivity contribution in [3.63, 3.8) is 0 Å². The third-order valence-electron chi connectivity index (χ3n) is 2.41. The molecule has 2 N–H and O–H groups in total. The fourth-order valence-electron chi connectivity index (χ4n) is 1.57. The molecule has 6 heteroatoms. The Balaban J connectivity index is 2.41. The molecular formula is C12H8F3NOS. The minimum Gasteiger partial charge on any atom is -0.365 e. The van der Waals surface area contributed by atoms with Crippen molar-refractivity contribution in [2.24, 2.45) is 5.73 Å². The number of alkyl halides is 3.